The van der Waals surface area contributed by atoms with Gasteiger partial charge in [-0.15, -0.1) is 0 Å². The van der Waals surface area contributed by atoms with Crippen molar-refractivity contribution in [3.8, 4) is 0 Å². The second-order valence-electron chi connectivity index (χ2n) is 6.36. The van der Waals surface area contributed by atoms with Crippen molar-refractivity contribution in [3.63, 3.8) is 0 Å². The summed E-state index contributed by atoms with van der Waals surface area (Å²) in [6, 6.07) is 25.4. The van der Waals surface area contributed by atoms with Crippen molar-refractivity contribution in [2.24, 2.45) is 5.10 Å². The quantitative estimate of drug-likeness (QED) is 0.620. The van der Waals surface area contributed by atoms with Gasteiger partial charge < -0.3 is 0 Å². The number of halogens is 1. The average Bonchev–Trinajstić information content (AvgIpc) is 3.09. The molecule has 0 saturated carbocycles. The lowest BCUT2D eigenvalue weighted by molar-refractivity contribution is 0.624. The molecule has 0 fully saturated rings. The van der Waals surface area contributed by atoms with E-state index in [1.54, 1.807) is 0 Å². The summed E-state index contributed by atoms with van der Waals surface area (Å²) < 4.78 is 13.3. The zero-order valence-electron chi connectivity index (χ0n) is 14.1. The molecule has 3 heteroatoms. The van der Waals surface area contributed by atoms with E-state index in [-0.39, 0.29) is 11.9 Å². The summed E-state index contributed by atoms with van der Waals surface area (Å²) in [6.45, 7) is 2.07. The van der Waals surface area contributed by atoms with Crippen LogP contribution in [0, 0.1) is 12.7 Å². The first-order chi connectivity index (χ1) is 12.2. The van der Waals surface area contributed by atoms with Gasteiger partial charge in [-0.1, -0.05) is 60.2 Å². The third kappa shape index (κ3) is 3.18. The number of hydrazone groups is 1. The third-order valence-corrected chi connectivity index (χ3v) is 4.57. The Bertz CT molecular complexity index is 884. The summed E-state index contributed by atoms with van der Waals surface area (Å²) in [5, 5.41) is 6.95. The van der Waals surface area contributed by atoms with Crippen LogP contribution in [0.5, 0.6) is 0 Å². The predicted octanol–water partition coefficient (Wildman–Crippen LogP) is 5.49. The average molecular weight is 330 g/mol. The molecular weight excluding hydrogens is 311 g/mol. The largest absolute Gasteiger partial charge is 0.257 e. The van der Waals surface area contributed by atoms with Gasteiger partial charge in [-0.25, -0.2) is 4.39 Å². The highest BCUT2D eigenvalue weighted by molar-refractivity contribution is 6.03. The molecule has 1 heterocycles. The SMILES string of the molecule is Cc1ccc(N2N=C(c3ccccc3)CC2c2ccc(F)cc2)cc1. The molecule has 124 valence electrons. The van der Waals surface area contributed by atoms with E-state index in [1.165, 1.54) is 17.7 Å². The number of benzene rings is 3. The van der Waals surface area contributed by atoms with Gasteiger partial charge in [0.15, 0.2) is 0 Å². The van der Waals surface area contributed by atoms with Crippen molar-refractivity contribution in [1.82, 2.24) is 0 Å². The van der Waals surface area contributed by atoms with Crippen molar-refractivity contribution in [2.45, 2.75) is 19.4 Å². The molecule has 1 aliphatic rings. The number of hydrogen-bond donors (Lipinski definition) is 0. The first-order valence-corrected chi connectivity index (χ1v) is 8.45. The van der Waals surface area contributed by atoms with Gasteiger partial charge in [0, 0.05) is 6.42 Å². The molecule has 1 atom stereocenters. The van der Waals surface area contributed by atoms with Crippen molar-refractivity contribution in [1.29, 1.82) is 0 Å². The molecule has 0 bridgehead atoms. The van der Waals surface area contributed by atoms with Gasteiger partial charge in [0.05, 0.1) is 17.4 Å². The molecule has 0 aromatic heterocycles. The Morgan fingerprint density at radius 2 is 1.56 bits per heavy atom. The van der Waals surface area contributed by atoms with Crippen molar-refractivity contribution >= 4 is 11.4 Å². The van der Waals surface area contributed by atoms with Crippen LogP contribution >= 0.6 is 0 Å². The van der Waals surface area contributed by atoms with Crippen LogP contribution < -0.4 is 5.01 Å². The fourth-order valence-electron chi connectivity index (χ4n) is 3.20. The summed E-state index contributed by atoms with van der Waals surface area (Å²) in [4.78, 5) is 0. The molecule has 0 spiro atoms. The normalized spacial score (nSPS) is 16.8. The smallest absolute Gasteiger partial charge is 0.123 e. The van der Waals surface area contributed by atoms with Gasteiger partial charge in [-0.3, -0.25) is 5.01 Å². The summed E-state index contributed by atoms with van der Waals surface area (Å²) in [7, 11) is 0. The minimum absolute atomic E-state index is 0.0681. The van der Waals surface area contributed by atoms with E-state index in [0.29, 0.717) is 0 Å². The van der Waals surface area contributed by atoms with E-state index in [9.17, 15) is 4.39 Å². The molecule has 0 N–H and O–H groups in total. The van der Waals surface area contributed by atoms with Crippen LogP contribution in [0.25, 0.3) is 0 Å². The Morgan fingerprint density at radius 3 is 2.24 bits per heavy atom. The molecule has 0 saturated heterocycles. The number of nitrogens with zero attached hydrogens (tertiary/aromatic N) is 2. The van der Waals surface area contributed by atoms with E-state index >= 15 is 0 Å². The predicted molar refractivity (Wildman–Crippen MR) is 100 cm³/mol. The lowest BCUT2D eigenvalue weighted by Gasteiger charge is -2.24. The molecule has 0 amide bonds. The van der Waals surface area contributed by atoms with E-state index in [2.05, 4.69) is 48.3 Å². The zero-order chi connectivity index (χ0) is 17.2. The number of rotatable bonds is 3. The fourth-order valence-corrected chi connectivity index (χ4v) is 3.20. The van der Waals surface area contributed by atoms with Gasteiger partial charge in [0.2, 0.25) is 0 Å². The topological polar surface area (TPSA) is 15.6 Å². The number of anilines is 1. The molecule has 1 aliphatic heterocycles. The maximum atomic E-state index is 13.3. The van der Waals surface area contributed by atoms with Gasteiger partial charge in [0.1, 0.15) is 5.82 Å². The monoisotopic (exact) mass is 330 g/mol. The minimum Gasteiger partial charge on any atom is -0.257 e. The van der Waals surface area contributed by atoms with Gasteiger partial charge in [-0.2, -0.15) is 5.10 Å². The Labute approximate surface area is 147 Å². The van der Waals surface area contributed by atoms with Crippen LogP contribution in [0.2, 0.25) is 0 Å². The summed E-state index contributed by atoms with van der Waals surface area (Å²) in [5.74, 6) is -0.215. The first kappa shape index (κ1) is 15.6. The lowest BCUT2D eigenvalue weighted by Crippen LogP contribution is -2.18. The highest BCUT2D eigenvalue weighted by atomic mass is 19.1. The molecule has 0 aliphatic carbocycles. The van der Waals surface area contributed by atoms with Crippen molar-refractivity contribution in [2.75, 3.05) is 5.01 Å². The molecule has 0 radical (unpaired) electrons. The molecule has 25 heavy (non-hydrogen) atoms. The van der Waals surface area contributed by atoms with Crippen LogP contribution in [-0.4, -0.2) is 5.71 Å². The lowest BCUT2D eigenvalue weighted by atomic mass is 9.98. The Kier molecular flexibility index (Phi) is 4.06. The zero-order valence-corrected chi connectivity index (χ0v) is 14.1. The van der Waals surface area contributed by atoms with E-state index < -0.39 is 0 Å². The second kappa shape index (κ2) is 6.52. The van der Waals surface area contributed by atoms with Gasteiger partial charge in [-0.05, 0) is 42.3 Å². The first-order valence-electron chi connectivity index (χ1n) is 8.45. The fraction of sp³-hybridized carbons (Fsp3) is 0.136. The molecule has 2 nitrogen and oxygen atoms in total. The van der Waals surface area contributed by atoms with Gasteiger partial charge in [0.25, 0.3) is 0 Å². The number of hydrogen-bond acceptors (Lipinski definition) is 2. The van der Waals surface area contributed by atoms with Crippen molar-refractivity contribution in [3.05, 3.63) is 101 Å². The second-order valence-corrected chi connectivity index (χ2v) is 6.36. The molecule has 3 aromatic carbocycles. The van der Waals surface area contributed by atoms with Crippen LogP contribution in [-0.2, 0) is 0 Å². The van der Waals surface area contributed by atoms with Crippen LogP contribution in [0.4, 0.5) is 10.1 Å². The summed E-state index contributed by atoms with van der Waals surface area (Å²) in [6.07, 6.45) is 0.795. The standard InChI is InChI=1S/C22H19FN2/c1-16-7-13-20(14-8-16)25-22(18-9-11-19(23)12-10-18)15-21(24-25)17-5-3-2-4-6-17/h2-14,22H,15H2,1H3. The number of aryl methyl sites for hydroxylation is 1. The van der Waals surface area contributed by atoms with Gasteiger partial charge >= 0.3 is 0 Å². The van der Waals surface area contributed by atoms with Crippen molar-refractivity contribution < 1.29 is 4.39 Å². The van der Waals surface area contributed by atoms with Crippen LogP contribution in [0.1, 0.15) is 29.2 Å². The molecule has 1 unspecified atom stereocenters. The van der Waals surface area contributed by atoms with E-state index in [1.807, 2.05) is 30.3 Å². The summed E-state index contributed by atoms with van der Waals surface area (Å²) >= 11 is 0. The Morgan fingerprint density at radius 1 is 0.880 bits per heavy atom. The highest BCUT2D eigenvalue weighted by Gasteiger charge is 2.29. The molecular formula is C22H19FN2. The molecule has 4 rings (SSSR count). The highest BCUT2D eigenvalue weighted by Crippen LogP contribution is 2.36. The summed E-state index contributed by atoms with van der Waals surface area (Å²) in [5.41, 5.74) is 5.51. The van der Waals surface area contributed by atoms with E-state index in [4.69, 9.17) is 5.10 Å². The molecule has 3 aromatic rings. The minimum atomic E-state index is -0.215. The maximum Gasteiger partial charge on any atom is 0.123 e. The van der Waals surface area contributed by atoms with Crippen LogP contribution in [0.3, 0.4) is 0 Å². The Balaban J connectivity index is 1.74. The van der Waals surface area contributed by atoms with Crippen LogP contribution in [0.15, 0.2) is 84.0 Å². The van der Waals surface area contributed by atoms with E-state index in [0.717, 1.165) is 28.9 Å². The Hall–Kier alpha value is -2.94. The maximum absolute atomic E-state index is 13.3. The third-order valence-electron chi connectivity index (χ3n) is 4.57.